The summed E-state index contributed by atoms with van der Waals surface area (Å²) >= 11 is 0. The van der Waals surface area contributed by atoms with Gasteiger partial charge in [0.2, 0.25) is 11.9 Å². The summed E-state index contributed by atoms with van der Waals surface area (Å²) in [7, 11) is 1.37. The number of nitrogens with one attached hydrogen (secondary N) is 1. The number of ether oxygens (including phenoxy) is 1. The van der Waals surface area contributed by atoms with Gasteiger partial charge in [0.25, 0.3) is 0 Å². The molecule has 2 aliphatic heterocycles. The number of esters is 1. The van der Waals surface area contributed by atoms with E-state index < -0.39 is 0 Å². The van der Waals surface area contributed by atoms with Crippen LogP contribution in [0.1, 0.15) is 17.7 Å². The summed E-state index contributed by atoms with van der Waals surface area (Å²) in [4.78, 5) is 34.0. The predicted molar refractivity (Wildman–Crippen MR) is 83.7 cm³/mol. The van der Waals surface area contributed by atoms with Gasteiger partial charge in [0, 0.05) is 43.2 Å². The van der Waals surface area contributed by atoms with Gasteiger partial charge in [-0.25, -0.2) is 4.98 Å². The van der Waals surface area contributed by atoms with Crippen molar-refractivity contribution in [3.63, 3.8) is 0 Å². The number of carbonyl (C=O) groups is 2. The van der Waals surface area contributed by atoms with Crippen molar-refractivity contribution in [1.29, 1.82) is 0 Å². The molecule has 124 valence electrons. The number of carbonyl (C=O) groups excluding carboxylic acids is 2. The van der Waals surface area contributed by atoms with Crippen LogP contribution in [0.15, 0.2) is 0 Å². The van der Waals surface area contributed by atoms with Crippen molar-refractivity contribution in [3.05, 3.63) is 11.3 Å². The predicted octanol–water partition coefficient (Wildman–Crippen LogP) is -0.345. The van der Waals surface area contributed by atoms with E-state index in [2.05, 4.69) is 20.2 Å². The summed E-state index contributed by atoms with van der Waals surface area (Å²) in [5, 5.41) is 2.89. The van der Waals surface area contributed by atoms with E-state index in [4.69, 9.17) is 10.5 Å². The average Bonchev–Trinajstić information content (AvgIpc) is 3.08. The molecule has 2 atom stereocenters. The SMILES string of the molecule is COC(=O)CCc1c(C)nc(N)nc1N1C[C@@H]2CNC(=O)[C@@H]2C1. The molecule has 2 saturated heterocycles. The summed E-state index contributed by atoms with van der Waals surface area (Å²) < 4.78 is 4.70. The second-order valence-electron chi connectivity index (χ2n) is 6.06. The molecule has 2 fully saturated rings. The first-order chi connectivity index (χ1) is 11.0. The Labute approximate surface area is 134 Å². The zero-order valence-electron chi connectivity index (χ0n) is 13.3. The number of nitrogens with two attached hydrogens (primary N) is 1. The lowest BCUT2D eigenvalue weighted by Crippen LogP contribution is -2.30. The third kappa shape index (κ3) is 2.93. The smallest absolute Gasteiger partial charge is 0.305 e. The minimum Gasteiger partial charge on any atom is -0.469 e. The van der Waals surface area contributed by atoms with E-state index in [0.29, 0.717) is 25.4 Å². The molecule has 3 heterocycles. The van der Waals surface area contributed by atoms with Crippen LogP contribution in [0.2, 0.25) is 0 Å². The van der Waals surface area contributed by atoms with Gasteiger partial charge in [0.15, 0.2) is 0 Å². The van der Waals surface area contributed by atoms with Gasteiger partial charge in [-0.3, -0.25) is 9.59 Å². The van der Waals surface area contributed by atoms with E-state index >= 15 is 0 Å². The molecule has 0 unspecified atom stereocenters. The number of rotatable bonds is 4. The van der Waals surface area contributed by atoms with Crippen LogP contribution >= 0.6 is 0 Å². The second-order valence-corrected chi connectivity index (χ2v) is 6.06. The number of methoxy groups -OCH3 is 1. The molecule has 0 spiro atoms. The first-order valence-electron chi connectivity index (χ1n) is 7.72. The van der Waals surface area contributed by atoms with Gasteiger partial charge in [-0.05, 0) is 13.3 Å². The molecule has 0 aromatic carbocycles. The third-order valence-electron chi connectivity index (χ3n) is 4.63. The van der Waals surface area contributed by atoms with E-state index in [1.165, 1.54) is 7.11 Å². The van der Waals surface area contributed by atoms with Crippen molar-refractivity contribution in [2.75, 3.05) is 37.4 Å². The molecule has 0 radical (unpaired) electrons. The van der Waals surface area contributed by atoms with Crippen molar-refractivity contribution in [1.82, 2.24) is 15.3 Å². The topological polar surface area (TPSA) is 110 Å². The normalized spacial score (nSPS) is 22.9. The van der Waals surface area contributed by atoms with E-state index in [1.54, 1.807) is 0 Å². The van der Waals surface area contributed by atoms with E-state index in [1.807, 2.05) is 6.92 Å². The van der Waals surface area contributed by atoms with Gasteiger partial charge < -0.3 is 20.7 Å². The quantitative estimate of drug-likeness (QED) is 0.730. The fourth-order valence-corrected chi connectivity index (χ4v) is 3.40. The summed E-state index contributed by atoms with van der Waals surface area (Å²) in [5.41, 5.74) is 7.46. The van der Waals surface area contributed by atoms with Crippen molar-refractivity contribution in [2.45, 2.75) is 19.8 Å². The molecule has 0 saturated carbocycles. The minimum absolute atomic E-state index is 0.0000435. The maximum Gasteiger partial charge on any atom is 0.305 e. The maximum absolute atomic E-state index is 11.8. The number of hydrogen-bond donors (Lipinski definition) is 2. The summed E-state index contributed by atoms with van der Waals surface area (Å²) in [6.45, 7) is 3.94. The fourth-order valence-electron chi connectivity index (χ4n) is 3.40. The first-order valence-corrected chi connectivity index (χ1v) is 7.72. The first kappa shape index (κ1) is 15.5. The number of nitrogen functional groups attached to an aromatic ring is 1. The van der Waals surface area contributed by atoms with Gasteiger partial charge in [0.1, 0.15) is 5.82 Å². The van der Waals surface area contributed by atoms with Crippen molar-refractivity contribution in [3.8, 4) is 0 Å². The lowest BCUT2D eigenvalue weighted by Gasteiger charge is -2.22. The number of anilines is 2. The van der Waals surface area contributed by atoms with Gasteiger partial charge >= 0.3 is 5.97 Å². The summed E-state index contributed by atoms with van der Waals surface area (Å²) in [6, 6.07) is 0. The summed E-state index contributed by atoms with van der Waals surface area (Å²) in [5.74, 6) is 1.08. The third-order valence-corrected chi connectivity index (χ3v) is 4.63. The monoisotopic (exact) mass is 319 g/mol. The Kier molecular flexibility index (Phi) is 4.06. The molecule has 0 aliphatic carbocycles. The Balaban J connectivity index is 1.86. The number of nitrogens with zero attached hydrogens (tertiary/aromatic N) is 3. The molecular weight excluding hydrogens is 298 g/mol. The number of amides is 1. The highest BCUT2D eigenvalue weighted by atomic mass is 16.5. The van der Waals surface area contributed by atoms with Crippen molar-refractivity contribution < 1.29 is 14.3 Å². The number of aromatic nitrogens is 2. The van der Waals surface area contributed by atoms with Crippen molar-refractivity contribution >= 4 is 23.6 Å². The highest BCUT2D eigenvalue weighted by Gasteiger charge is 2.43. The molecule has 23 heavy (non-hydrogen) atoms. The fraction of sp³-hybridized carbons (Fsp3) is 0.600. The van der Waals surface area contributed by atoms with Gasteiger partial charge in [-0.15, -0.1) is 0 Å². The lowest BCUT2D eigenvalue weighted by molar-refractivity contribution is -0.140. The van der Waals surface area contributed by atoms with Crippen LogP contribution in [0, 0.1) is 18.8 Å². The molecule has 1 aromatic heterocycles. The summed E-state index contributed by atoms with van der Waals surface area (Å²) in [6.07, 6.45) is 0.755. The molecule has 8 nitrogen and oxygen atoms in total. The molecule has 8 heteroatoms. The van der Waals surface area contributed by atoms with Crippen LogP contribution in [0.25, 0.3) is 0 Å². The van der Waals surface area contributed by atoms with Crippen LogP contribution in [0.5, 0.6) is 0 Å². The van der Waals surface area contributed by atoms with E-state index in [0.717, 1.165) is 23.6 Å². The maximum atomic E-state index is 11.8. The molecule has 3 rings (SSSR count). The zero-order valence-corrected chi connectivity index (χ0v) is 13.3. The van der Waals surface area contributed by atoms with Crippen LogP contribution < -0.4 is 16.0 Å². The molecule has 3 N–H and O–H groups in total. The Morgan fingerprint density at radius 1 is 1.43 bits per heavy atom. The van der Waals surface area contributed by atoms with Crippen molar-refractivity contribution in [2.24, 2.45) is 11.8 Å². The standard InChI is InChI=1S/C15H21N5O3/c1-8-10(3-4-12(21)23-2)13(19-15(16)18-8)20-6-9-5-17-14(22)11(9)7-20/h9,11H,3-7H2,1-2H3,(H,17,22)(H2,16,18,19)/t9-,11+/m0/s1. The van der Waals surface area contributed by atoms with Gasteiger partial charge in [-0.1, -0.05) is 0 Å². The zero-order chi connectivity index (χ0) is 16.6. The molecule has 2 aliphatic rings. The van der Waals surface area contributed by atoms with Crippen LogP contribution in [0.4, 0.5) is 11.8 Å². The Morgan fingerprint density at radius 3 is 2.91 bits per heavy atom. The lowest BCUT2D eigenvalue weighted by atomic mass is 10.0. The largest absolute Gasteiger partial charge is 0.469 e. The van der Waals surface area contributed by atoms with E-state index in [-0.39, 0.29) is 30.2 Å². The van der Waals surface area contributed by atoms with Gasteiger partial charge in [0.05, 0.1) is 13.0 Å². The Morgan fingerprint density at radius 2 is 2.22 bits per heavy atom. The number of hydrogen-bond acceptors (Lipinski definition) is 7. The highest BCUT2D eigenvalue weighted by Crippen LogP contribution is 2.33. The van der Waals surface area contributed by atoms with Gasteiger partial charge in [-0.2, -0.15) is 4.98 Å². The number of aryl methyl sites for hydroxylation is 1. The van der Waals surface area contributed by atoms with Crippen LogP contribution in [-0.4, -0.2) is 48.6 Å². The Bertz CT molecular complexity index is 648. The van der Waals surface area contributed by atoms with Crippen LogP contribution in [0.3, 0.4) is 0 Å². The molecule has 0 bridgehead atoms. The highest BCUT2D eigenvalue weighted by molar-refractivity contribution is 5.83. The Hall–Kier alpha value is -2.38. The average molecular weight is 319 g/mol. The number of fused-ring (bicyclic) bond motifs is 1. The molecular formula is C15H21N5O3. The van der Waals surface area contributed by atoms with Crippen LogP contribution in [-0.2, 0) is 20.7 Å². The molecule has 1 amide bonds. The minimum atomic E-state index is -0.273. The second kappa shape index (κ2) is 6.02. The van der Waals surface area contributed by atoms with E-state index in [9.17, 15) is 9.59 Å². The molecule has 1 aromatic rings.